The van der Waals surface area contributed by atoms with Gasteiger partial charge < -0.3 is 0 Å². The second-order valence-electron chi connectivity index (χ2n) is 4.25. The van der Waals surface area contributed by atoms with Crippen molar-refractivity contribution in [2.24, 2.45) is 0 Å². The van der Waals surface area contributed by atoms with Crippen molar-refractivity contribution < 1.29 is 0 Å². The van der Waals surface area contributed by atoms with Crippen molar-refractivity contribution in [1.29, 1.82) is 0 Å². The molecular weight excluding hydrogens is 196 g/mol. The van der Waals surface area contributed by atoms with Crippen molar-refractivity contribution in [1.82, 2.24) is 9.97 Å². The number of nitrogens with zero attached hydrogens (tertiary/aromatic N) is 2. The van der Waals surface area contributed by atoms with Crippen LogP contribution >= 0.6 is 0 Å². The van der Waals surface area contributed by atoms with E-state index in [-0.39, 0.29) is 0 Å². The summed E-state index contributed by atoms with van der Waals surface area (Å²) >= 11 is 0. The van der Waals surface area contributed by atoms with Crippen molar-refractivity contribution in [3.8, 4) is 11.3 Å². The standard InChI is InChI=1S/C14H16N2/c1-9-5-6-13(16-12(9)4)14-10(2)7-15-8-11(14)3/h5-8H,1-4H3. The summed E-state index contributed by atoms with van der Waals surface area (Å²) in [6.07, 6.45) is 3.78. The fraction of sp³-hybridized carbons (Fsp3) is 0.286. The molecule has 0 radical (unpaired) electrons. The lowest BCUT2D eigenvalue weighted by Crippen LogP contribution is -1.95. The van der Waals surface area contributed by atoms with Gasteiger partial charge in [0.15, 0.2) is 0 Å². The molecule has 0 unspecified atom stereocenters. The van der Waals surface area contributed by atoms with Gasteiger partial charge in [-0.25, -0.2) is 0 Å². The van der Waals surface area contributed by atoms with E-state index in [1.807, 2.05) is 19.3 Å². The molecule has 0 spiro atoms. The zero-order valence-corrected chi connectivity index (χ0v) is 10.2. The molecule has 0 saturated carbocycles. The summed E-state index contributed by atoms with van der Waals surface area (Å²) in [4.78, 5) is 8.82. The van der Waals surface area contributed by atoms with Crippen molar-refractivity contribution in [3.05, 3.63) is 46.9 Å². The van der Waals surface area contributed by atoms with Crippen LogP contribution in [-0.2, 0) is 0 Å². The third-order valence-corrected chi connectivity index (χ3v) is 2.93. The van der Waals surface area contributed by atoms with Crippen LogP contribution in [0.3, 0.4) is 0 Å². The van der Waals surface area contributed by atoms with Crippen LogP contribution < -0.4 is 0 Å². The van der Waals surface area contributed by atoms with Crippen molar-refractivity contribution in [3.63, 3.8) is 0 Å². The summed E-state index contributed by atoms with van der Waals surface area (Å²) in [6.45, 7) is 8.28. The minimum atomic E-state index is 1.04. The molecule has 0 fully saturated rings. The SMILES string of the molecule is Cc1ccc(-c2c(C)cncc2C)nc1C. The number of hydrogen-bond acceptors (Lipinski definition) is 2. The number of aryl methyl sites for hydroxylation is 4. The number of pyridine rings is 2. The first-order valence-electron chi connectivity index (χ1n) is 5.45. The molecule has 0 aromatic carbocycles. The molecule has 16 heavy (non-hydrogen) atoms. The first-order chi connectivity index (χ1) is 7.59. The van der Waals surface area contributed by atoms with Gasteiger partial charge >= 0.3 is 0 Å². The summed E-state index contributed by atoms with van der Waals surface area (Å²) in [7, 11) is 0. The average molecular weight is 212 g/mol. The predicted octanol–water partition coefficient (Wildman–Crippen LogP) is 3.38. The molecule has 0 N–H and O–H groups in total. The fourth-order valence-corrected chi connectivity index (χ4v) is 1.87. The third kappa shape index (κ3) is 1.83. The summed E-state index contributed by atoms with van der Waals surface area (Å²) in [5, 5.41) is 0. The molecule has 0 aliphatic carbocycles. The maximum Gasteiger partial charge on any atom is 0.0711 e. The van der Waals surface area contributed by atoms with Gasteiger partial charge in [0, 0.05) is 23.7 Å². The van der Waals surface area contributed by atoms with Crippen molar-refractivity contribution in [2.45, 2.75) is 27.7 Å². The van der Waals surface area contributed by atoms with Gasteiger partial charge in [0.05, 0.1) is 5.69 Å². The Labute approximate surface area is 96.4 Å². The summed E-state index contributed by atoms with van der Waals surface area (Å²) in [5.41, 5.74) is 6.92. The smallest absolute Gasteiger partial charge is 0.0711 e. The Balaban J connectivity index is 2.63. The van der Waals surface area contributed by atoms with Crippen LogP contribution in [0.1, 0.15) is 22.4 Å². The molecule has 82 valence electrons. The van der Waals surface area contributed by atoms with E-state index in [0.717, 1.165) is 11.4 Å². The predicted molar refractivity (Wildman–Crippen MR) is 66.4 cm³/mol. The summed E-state index contributed by atoms with van der Waals surface area (Å²) in [6, 6.07) is 4.20. The second kappa shape index (κ2) is 4.05. The van der Waals surface area contributed by atoms with Crippen molar-refractivity contribution in [2.75, 3.05) is 0 Å². The lowest BCUT2D eigenvalue weighted by molar-refractivity contribution is 1.13. The van der Waals surface area contributed by atoms with Crippen LogP contribution in [0.25, 0.3) is 11.3 Å². The van der Waals surface area contributed by atoms with Crippen LogP contribution in [0.4, 0.5) is 0 Å². The lowest BCUT2D eigenvalue weighted by Gasteiger charge is -2.09. The van der Waals surface area contributed by atoms with Gasteiger partial charge in [-0.1, -0.05) is 6.07 Å². The average Bonchev–Trinajstić information content (AvgIpc) is 2.23. The molecule has 2 heteroatoms. The van der Waals surface area contributed by atoms with Crippen molar-refractivity contribution >= 4 is 0 Å². The van der Waals surface area contributed by atoms with Gasteiger partial charge in [-0.05, 0) is 50.5 Å². The first-order valence-corrected chi connectivity index (χ1v) is 5.45. The third-order valence-electron chi connectivity index (χ3n) is 2.93. The minimum absolute atomic E-state index is 1.04. The fourth-order valence-electron chi connectivity index (χ4n) is 1.87. The Bertz CT molecular complexity index is 510. The molecule has 2 nitrogen and oxygen atoms in total. The molecule has 2 aromatic rings. The molecule has 2 rings (SSSR count). The van der Waals surface area contributed by atoms with E-state index in [1.165, 1.54) is 22.3 Å². The number of aromatic nitrogens is 2. The van der Waals surface area contributed by atoms with E-state index < -0.39 is 0 Å². The van der Waals surface area contributed by atoms with E-state index in [0.29, 0.717) is 0 Å². The Morgan fingerprint density at radius 2 is 1.44 bits per heavy atom. The highest BCUT2D eigenvalue weighted by atomic mass is 14.7. The minimum Gasteiger partial charge on any atom is -0.264 e. The maximum atomic E-state index is 4.64. The highest BCUT2D eigenvalue weighted by Gasteiger charge is 2.07. The Hall–Kier alpha value is -1.70. The summed E-state index contributed by atoms with van der Waals surface area (Å²) in [5.74, 6) is 0. The van der Waals surface area contributed by atoms with Crippen LogP contribution in [0.15, 0.2) is 24.5 Å². The first kappa shape index (κ1) is 10.8. The van der Waals surface area contributed by atoms with E-state index >= 15 is 0 Å². The summed E-state index contributed by atoms with van der Waals surface area (Å²) < 4.78 is 0. The van der Waals surface area contributed by atoms with Gasteiger partial charge in [-0.3, -0.25) is 9.97 Å². The second-order valence-corrected chi connectivity index (χ2v) is 4.25. The molecule has 0 saturated heterocycles. The molecular formula is C14H16N2. The zero-order valence-electron chi connectivity index (χ0n) is 10.2. The number of hydrogen-bond donors (Lipinski definition) is 0. The van der Waals surface area contributed by atoms with Crippen LogP contribution in [0, 0.1) is 27.7 Å². The molecule has 0 aliphatic heterocycles. The normalized spacial score (nSPS) is 10.5. The lowest BCUT2D eigenvalue weighted by atomic mass is 10.0. The molecule has 0 atom stereocenters. The highest BCUT2D eigenvalue weighted by molar-refractivity contribution is 5.66. The van der Waals surface area contributed by atoms with E-state index in [4.69, 9.17) is 0 Å². The quantitative estimate of drug-likeness (QED) is 0.724. The monoisotopic (exact) mass is 212 g/mol. The van der Waals surface area contributed by atoms with Crippen LogP contribution in [0.5, 0.6) is 0 Å². The van der Waals surface area contributed by atoms with Gasteiger partial charge in [0.1, 0.15) is 0 Å². The van der Waals surface area contributed by atoms with E-state index in [9.17, 15) is 0 Å². The van der Waals surface area contributed by atoms with Crippen LogP contribution in [-0.4, -0.2) is 9.97 Å². The van der Waals surface area contributed by atoms with Gasteiger partial charge in [0.25, 0.3) is 0 Å². The number of rotatable bonds is 1. The largest absolute Gasteiger partial charge is 0.264 e. The van der Waals surface area contributed by atoms with Gasteiger partial charge in [-0.2, -0.15) is 0 Å². The Morgan fingerprint density at radius 3 is 2.00 bits per heavy atom. The molecule has 2 heterocycles. The molecule has 0 aliphatic rings. The zero-order chi connectivity index (χ0) is 11.7. The van der Waals surface area contributed by atoms with E-state index in [1.54, 1.807) is 0 Å². The van der Waals surface area contributed by atoms with Gasteiger partial charge in [0.2, 0.25) is 0 Å². The Morgan fingerprint density at radius 1 is 0.812 bits per heavy atom. The van der Waals surface area contributed by atoms with Crippen LogP contribution in [0.2, 0.25) is 0 Å². The molecule has 0 bridgehead atoms. The topological polar surface area (TPSA) is 25.8 Å². The maximum absolute atomic E-state index is 4.64. The highest BCUT2D eigenvalue weighted by Crippen LogP contribution is 2.25. The van der Waals surface area contributed by atoms with E-state index in [2.05, 4.69) is 42.9 Å². The molecule has 0 amide bonds. The van der Waals surface area contributed by atoms with Gasteiger partial charge in [-0.15, -0.1) is 0 Å². The Kier molecular flexibility index (Phi) is 2.73. The molecule has 2 aromatic heterocycles.